The molecule has 4 aromatic rings. The number of carbonyl (C=O) groups excluding carboxylic acids is 3. The Balaban J connectivity index is 0.00000124. The normalized spacial score (nSPS) is 13.7. The lowest BCUT2D eigenvalue weighted by Crippen LogP contribution is -2.42. The van der Waals surface area contributed by atoms with Crippen LogP contribution in [0.25, 0.3) is 21.9 Å². The number of pyridine rings is 1. The van der Waals surface area contributed by atoms with Gasteiger partial charge in [-0.2, -0.15) is 0 Å². The van der Waals surface area contributed by atoms with Crippen molar-refractivity contribution in [2.24, 2.45) is 5.92 Å². The number of aromatic nitrogens is 3. The summed E-state index contributed by atoms with van der Waals surface area (Å²) in [7, 11) is 0. The van der Waals surface area contributed by atoms with Gasteiger partial charge in [-0.1, -0.05) is 49.4 Å². The van der Waals surface area contributed by atoms with Gasteiger partial charge in [-0.15, -0.1) is 0 Å². The van der Waals surface area contributed by atoms with Crippen LogP contribution in [0.5, 0.6) is 0 Å². The number of carboxylic acid groups (broad SMARTS) is 2. The van der Waals surface area contributed by atoms with Crippen molar-refractivity contribution < 1.29 is 34.4 Å². The maximum absolute atomic E-state index is 13.0. The van der Waals surface area contributed by atoms with Crippen molar-refractivity contribution in [1.29, 1.82) is 0 Å². The Morgan fingerprint density at radius 2 is 1.85 bits per heavy atom. The zero-order valence-corrected chi connectivity index (χ0v) is 22.0. The lowest BCUT2D eigenvalue weighted by atomic mass is 9.96. The van der Waals surface area contributed by atoms with E-state index < -0.39 is 41.3 Å². The number of carbonyl (C=O) groups is 4. The number of aromatic amines is 2. The fraction of sp³-hybridized carbons (Fsp3) is 0.207. The van der Waals surface area contributed by atoms with Crippen molar-refractivity contribution >= 4 is 35.0 Å². The van der Waals surface area contributed by atoms with Crippen LogP contribution in [0, 0.1) is 5.92 Å². The topological polar surface area (TPSA) is 196 Å². The lowest BCUT2D eigenvalue weighted by Gasteiger charge is -2.18. The van der Waals surface area contributed by atoms with E-state index in [0.717, 1.165) is 40.3 Å². The van der Waals surface area contributed by atoms with Crippen molar-refractivity contribution in [2.75, 3.05) is 6.54 Å². The van der Waals surface area contributed by atoms with Crippen LogP contribution in [-0.4, -0.2) is 45.9 Å². The van der Waals surface area contributed by atoms with E-state index in [1.165, 1.54) is 13.1 Å². The van der Waals surface area contributed by atoms with E-state index in [0.29, 0.717) is 0 Å². The molecule has 0 spiro atoms. The summed E-state index contributed by atoms with van der Waals surface area (Å²) in [6.45, 7) is 0.844. The summed E-state index contributed by atoms with van der Waals surface area (Å²) in [6.07, 6.45) is 6.26. The minimum Gasteiger partial charge on any atom is -0.554 e. The van der Waals surface area contributed by atoms with Crippen molar-refractivity contribution in [2.45, 2.75) is 25.3 Å². The van der Waals surface area contributed by atoms with Gasteiger partial charge >= 0.3 is 23.3 Å². The SMILES string of the molecule is C[C@@H](CNC(=O)c1[nH]c(=O)c(C(=O)NC2(c3ccc(-c4cccc5cnccc45)cc3)CC2)c[nH+]1)C(=O)O.O=C[O-]. The average molecular weight is 558 g/mol. The summed E-state index contributed by atoms with van der Waals surface area (Å²) >= 11 is 0. The van der Waals surface area contributed by atoms with E-state index in [1.54, 1.807) is 6.20 Å². The highest BCUT2D eigenvalue weighted by Gasteiger charge is 2.46. The molecule has 1 saturated carbocycles. The molecule has 0 bridgehead atoms. The van der Waals surface area contributed by atoms with Gasteiger partial charge in [-0.25, -0.2) is 14.8 Å². The fourth-order valence-electron chi connectivity index (χ4n) is 4.38. The van der Waals surface area contributed by atoms with Crippen molar-refractivity contribution in [3.8, 4) is 11.1 Å². The van der Waals surface area contributed by atoms with Crippen LogP contribution in [0.15, 0.2) is 71.9 Å². The van der Waals surface area contributed by atoms with E-state index in [2.05, 4.69) is 31.7 Å². The van der Waals surface area contributed by atoms with Gasteiger partial charge in [0, 0.05) is 30.8 Å². The number of benzene rings is 2. The van der Waals surface area contributed by atoms with Gasteiger partial charge in [-0.05, 0) is 41.0 Å². The van der Waals surface area contributed by atoms with Crippen molar-refractivity contribution in [3.05, 3.63) is 94.4 Å². The summed E-state index contributed by atoms with van der Waals surface area (Å²) in [5, 5.41) is 24.7. The van der Waals surface area contributed by atoms with Gasteiger partial charge in [0.15, 0.2) is 5.56 Å². The number of aliphatic carboxylic acids is 1. The average Bonchev–Trinajstić information content (AvgIpc) is 3.76. The number of carboxylic acids is 1. The molecular weight excluding hydrogens is 530 g/mol. The highest BCUT2D eigenvalue weighted by atomic mass is 16.4. The number of nitrogens with one attached hydrogen (secondary N) is 4. The molecule has 12 heteroatoms. The summed E-state index contributed by atoms with van der Waals surface area (Å²) in [4.78, 5) is 66.1. The number of H-pyrrole nitrogens is 2. The quantitative estimate of drug-likeness (QED) is 0.226. The standard InChI is InChI=1S/C28H25N5O5.CH2O2/c1-16(27(37)38)13-31-26(36)23-30-15-22(24(34)32-23)25(35)33-28(10-11-28)19-7-5-17(6-8-19)20-4-2-3-18-14-29-12-9-21(18)20;2-1-3/h2-9,12,14-16H,10-11,13H2,1H3,(H,31,36)(H,33,35)(H,37,38)(H,30,32,34);1H,(H,2,3)/t16-;/m0./s1. The molecule has 0 unspecified atom stereocenters. The number of amides is 2. The molecule has 2 amide bonds. The first-order valence-electron chi connectivity index (χ1n) is 12.7. The van der Waals surface area contributed by atoms with Crippen molar-refractivity contribution in [3.63, 3.8) is 0 Å². The molecule has 41 heavy (non-hydrogen) atoms. The largest absolute Gasteiger partial charge is 0.554 e. The van der Waals surface area contributed by atoms with Gasteiger partial charge in [0.05, 0.1) is 11.5 Å². The lowest BCUT2D eigenvalue weighted by molar-refractivity contribution is -0.387. The van der Waals surface area contributed by atoms with Crippen LogP contribution < -0.4 is 26.3 Å². The molecule has 1 aliphatic rings. The minimum atomic E-state index is -1.05. The van der Waals surface area contributed by atoms with E-state index in [4.69, 9.17) is 15.0 Å². The van der Waals surface area contributed by atoms with Crippen LogP contribution >= 0.6 is 0 Å². The highest BCUT2D eigenvalue weighted by molar-refractivity contribution is 5.96. The van der Waals surface area contributed by atoms with Crippen LogP contribution in [0.4, 0.5) is 0 Å². The molecule has 2 aromatic heterocycles. The molecule has 210 valence electrons. The van der Waals surface area contributed by atoms with E-state index >= 15 is 0 Å². The Kier molecular flexibility index (Phi) is 8.51. The fourth-order valence-corrected chi connectivity index (χ4v) is 4.38. The molecule has 1 aliphatic carbocycles. The molecule has 2 aromatic carbocycles. The molecule has 1 fully saturated rings. The minimum absolute atomic E-state index is 0.106. The van der Waals surface area contributed by atoms with Gasteiger partial charge in [-0.3, -0.25) is 19.4 Å². The summed E-state index contributed by atoms with van der Waals surface area (Å²) in [5.41, 5.74) is 1.63. The summed E-state index contributed by atoms with van der Waals surface area (Å²) < 4.78 is 0. The number of hydrogen-bond donors (Lipinski definition) is 4. The molecular formula is C29H27N5O7. The third kappa shape index (κ3) is 6.44. The Labute approximate surface area is 233 Å². The third-order valence-electron chi connectivity index (χ3n) is 6.84. The molecule has 0 saturated heterocycles. The number of nitrogens with zero attached hydrogens (tertiary/aromatic N) is 1. The zero-order chi connectivity index (χ0) is 29.6. The van der Waals surface area contributed by atoms with Crippen molar-refractivity contribution in [1.82, 2.24) is 20.6 Å². The second kappa shape index (κ2) is 12.2. The maximum Gasteiger partial charge on any atom is 0.348 e. The maximum atomic E-state index is 13.0. The second-order valence-electron chi connectivity index (χ2n) is 9.59. The number of fused-ring (bicyclic) bond motifs is 1. The van der Waals surface area contributed by atoms with Gasteiger partial charge in [0.2, 0.25) is 0 Å². The molecule has 0 radical (unpaired) electrons. The van der Waals surface area contributed by atoms with E-state index in [-0.39, 0.29) is 17.9 Å². The van der Waals surface area contributed by atoms with Crippen LogP contribution in [-0.2, 0) is 15.1 Å². The zero-order valence-electron chi connectivity index (χ0n) is 22.0. The highest BCUT2D eigenvalue weighted by Crippen LogP contribution is 2.46. The Morgan fingerprint density at radius 1 is 1.15 bits per heavy atom. The molecule has 5 rings (SSSR count). The second-order valence-corrected chi connectivity index (χ2v) is 9.59. The smallest absolute Gasteiger partial charge is 0.348 e. The summed E-state index contributed by atoms with van der Waals surface area (Å²) in [5.74, 6) is -3.25. The van der Waals surface area contributed by atoms with Crippen LogP contribution in [0.3, 0.4) is 0 Å². The first-order valence-corrected chi connectivity index (χ1v) is 12.7. The Hall–Kier alpha value is -5.39. The molecule has 5 N–H and O–H groups in total. The third-order valence-corrected chi connectivity index (χ3v) is 6.84. The van der Waals surface area contributed by atoms with Crippen LogP contribution in [0.1, 0.15) is 46.3 Å². The van der Waals surface area contributed by atoms with Crippen LogP contribution in [0.2, 0.25) is 0 Å². The summed E-state index contributed by atoms with van der Waals surface area (Å²) in [6, 6.07) is 16.1. The predicted molar refractivity (Wildman–Crippen MR) is 144 cm³/mol. The van der Waals surface area contributed by atoms with Gasteiger partial charge in [0.25, 0.3) is 5.91 Å². The molecule has 1 atom stereocenters. The van der Waals surface area contributed by atoms with Gasteiger partial charge in [0.1, 0.15) is 6.20 Å². The first-order chi connectivity index (χ1) is 19.7. The Bertz CT molecular complexity index is 1660. The molecule has 12 nitrogen and oxygen atoms in total. The number of rotatable bonds is 8. The van der Waals surface area contributed by atoms with E-state index in [1.807, 2.05) is 48.7 Å². The van der Waals surface area contributed by atoms with E-state index in [9.17, 15) is 19.2 Å². The molecule has 0 aliphatic heterocycles. The van der Waals surface area contributed by atoms with Gasteiger partial charge < -0.3 is 25.6 Å². The Morgan fingerprint density at radius 3 is 2.49 bits per heavy atom. The first kappa shape index (κ1) is 28.6. The predicted octanol–water partition coefficient (Wildman–Crippen LogP) is 0.640. The monoisotopic (exact) mass is 557 g/mol. The number of hydrogen-bond acceptors (Lipinski definition) is 7. The molecule has 2 heterocycles.